The van der Waals surface area contributed by atoms with E-state index in [9.17, 15) is 14.7 Å². The van der Waals surface area contributed by atoms with Gasteiger partial charge in [-0.15, -0.1) is 0 Å². The highest BCUT2D eigenvalue weighted by atomic mass is 16.5. The molecular weight excluding hydrogens is 346 g/mol. The van der Waals surface area contributed by atoms with Crippen molar-refractivity contribution in [2.45, 2.75) is 32.2 Å². The van der Waals surface area contributed by atoms with Crippen molar-refractivity contribution in [3.05, 3.63) is 59.2 Å². The van der Waals surface area contributed by atoms with Crippen LogP contribution in [0.5, 0.6) is 5.75 Å². The largest absolute Gasteiger partial charge is 0.508 e. The van der Waals surface area contributed by atoms with E-state index in [0.29, 0.717) is 17.6 Å². The summed E-state index contributed by atoms with van der Waals surface area (Å²) in [6.45, 7) is 0.840. The third-order valence-corrected chi connectivity index (χ3v) is 4.45. The van der Waals surface area contributed by atoms with Gasteiger partial charge >= 0.3 is 11.6 Å². The van der Waals surface area contributed by atoms with Crippen molar-refractivity contribution in [1.29, 1.82) is 0 Å². The Kier molecular flexibility index (Phi) is 5.86. The minimum Gasteiger partial charge on any atom is -0.508 e. The van der Waals surface area contributed by atoms with Gasteiger partial charge in [0.15, 0.2) is 12.4 Å². The monoisotopic (exact) mass is 368 g/mol. The molecule has 0 aliphatic carbocycles. The molecule has 1 aromatic carbocycles. The molecule has 0 spiro atoms. The first kappa shape index (κ1) is 18.6. The number of aromatic hydroxyl groups is 1. The molecule has 0 radical (unpaired) electrons. The Balaban J connectivity index is 1.66. The van der Waals surface area contributed by atoms with E-state index < -0.39 is 5.63 Å². The second kappa shape index (κ2) is 8.49. The zero-order valence-corrected chi connectivity index (χ0v) is 15.2. The second-order valence-electron chi connectivity index (χ2n) is 6.38. The van der Waals surface area contributed by atoms with Crippen LogP contribution in [0.15, 0.2) is 58.0 Å². The first-order valence-electron chi connectivity index (χ1n) is 8.90. The zero-order chi connectivity index (χ0) is 19.2. The van der Waals surface area contributed by atoms with Gasteiger partial charge < -0.3 is 14.3 Å². The molecule has 1 N–H and O–H groups in total. The fourth-order valence-electron chi connectivity index (χ4n) is 2.93. The number of fused-ring (bicyclic) bond motifs is 1. The zero-order valence-electron chi connectivity index (χ0n) is 15.2. The summed E-state index contributed by atoms with van der Waals surface area (Å²) in [6, 6.07) is 10.2. The molecule has 0 bridgehead atoms. The van der Waals surface area contributed by atoms with Crippen molar-refractivity contribution in [3.63, 3.8) is 0 Å². The third kappa shape index (κ3) is 4.73. The van der Waals surface area contributed by atoms with Gasteiger partial charge in [-0.3, -0.25) is 4.79 Å². The van der Waals surface area contributed by atoms with Crippen molar-refractivity contribution < 1.29 is 23.6 Å². The van der Waals surface area contributed by atoms with E-state index in [-0.39, 0.29) is 11.7 Å². The number of aromatic nitrogens is 1. The summed E-state index contributed by atoms with van der Waals surface area (Å²) >= 11 is 0. The number of rotatable bonds is 7. The Morgan fingerprint density at radius 3 is 2.63 bits per heavy atom. The first-order valence-corrected chi connectivity index (χ1v) is 8.90. The van der Waals surface area contributed by atoms with Gasteiger partial charge in [0.05, 0.1) is 12.7 Å². The van der Waals surface area contributed by atoms with Gasteiger partial charge in [0.1, 0.15) is 17.9 Å². The number of carbonyl (C=O) groups excluding carboxylic acids is 1. The average molecular weight is 368 g/mol. The molecule has 0 saturated carbocycles. The summed E-state index contributed by atoms with van der Waals surface area (Å²) < 4.78 is 12.0. The number of nitrogens with zero attached hydrogens (tertiary/aromatic N) is 1. The summed E-state index contributed by atoms with van der Waals surface area (Å²) in [5, 5.41) is 10.2. The SMILES string of the molecule is COC(=O)CCCCC[n+]1ccc(-c2cc3ccc(O)cc3oc2=O)cc1. The first-order chi connectivity index (χ1) is 13.1. The van der Waals surface area contributed by atoms with Crippen LogP contribution in [0, 0.1) is 0 Å². The predicted octanol–water partition coefficient (Wildman–Crippen LogP) is 3.19. The molecule has 0 aliphatic rings. The molecule has 27 heavy (non-hydrogen) atoms. The lowest BCUT2D eigenvalue weighted by atomic mass is 10.1. The molecule has 3 rings (SSSR count). The lowest BCUT2D eigenvalue weighted by molar-refractivity contribution is -0.697. The van der Waals surface area contributed by atoms with Crippen molar-refractivity contribution in [3.8, 4) is 16.9 Å². The number of unbranched alkanes of at least 4 members (excludes halogenated alkanes) is 2. The topological polar surface area (TPSA) is 80.6 Å². The fourth-order valence-corrected chi connectivity index (χ4v) is 2.93. The molecule has 0 atom stereocenters. The van der Waals surface area contributed by atoms with Crippen LogP contribution in [-0.4, -0.2) is 18.2 Å². The van der Waals surface area contributed by atoms with Gasteiger partial charge in [-0.25, -0.2) is 9.36 Å². The van der Waals surface area contributed by atoms with E-state index in [1.807, 2.05) is 29.1 Å². The summed E-state index contributed by atoms with van der Waals surface area (Å²) in [6.07, 6.45) is 7.04. The highest BCUT2D eigenvalue weighted by Gasteiger charge is 2.10. The van der Waals surface area contributed by atoms with E-state index in [0.717, 1.165) is 36.8 Å². The third-order valence-electron chi connectivity index (χ3n) is 4.45. The predicted molar refractivity (Wildman–Crippen MR) is 100 cm³/mol. The summed E-state index contributed by atoms with van der Waals surface area (Å²) in [5.74, 6) is -0.109. The number of esters is 1. The molecule has 2 heterocycles. The van der Waals surface area contributed by atoms with Gasteiger partial charge in [0.25, 0.3) is 0 Å². The molecular formula is C21H22NO5+. The average Bonchev–Trinajstić information content (AvgIpc) is 2.67. The Bertz CT molecular complexity index is 992. The maximum atomic E-state index is 12.3. The minimum atomic E-state index is -0.436. The minimum absolute atomic E-state index is 0.0609. The van der Waals surface area contributed by atoms with Crippen molar-refractivity contribution in [2.24, 2.45) is 0 Å². The fraction of sp³-hybridized carbons (Fsp3) is 0.286. The van der Waals surface area contributed by atoms with Crippen LogP contribution in [0.4, 0.5) is 0 Å². The molecule has 6 nitrogen and oxygen atoms in total. The van der Waals surface area contributed by atoms with Gasteiger partial charge in [-0.05, 0) is 31.0 Å². The Labute approximate surface area is 156 Å². The van der Waals surface area contributed by atoms with E-state index in [1.54, 1.807) is 18.2 Å². The van der Waals surface area contributed by atoms with Gasteiger partial charge in [-0.1, -0.05) is 0 Å². The molecule has 0 saturated heterocycles. The van der Waals surface area contributed by atoms with Crippen LogP contribution in [0.2, 0.25) is 0 Å². The van der Waals surface area contributed by atoms with Crippen LogP contribution in [0.25, 0.3) is 22.1 Å². The van der Waals surface area contributed by atoms with Crippen LogP contribution in [0.3, 0.4) is 0 Å². The van der Waals surface area contributed by atoms with Crippen LogP contribution in [0.1, 0.15) is 25.7 Å². The van der Waals surface area contributed by atoms with E-state index in [1.165, 1.54) is 13.2 Å². The Hall–Kier alpha value is -3.15. The van der Waals surface area contributed by atoms with Crippen molar-refractivity contribution >= 4 is 16.9 Å². The number of methoxy groups -OCH3 is 1. The van der Waals surface area contributed by atoms with Gasteiger partial charge in [-0.2, -0.15) is 0 Å². The molecule has 0 fully saturated rings. The molecule has 3 aromatic rings. The number of aryl methyl sites for hydroxylation is 1. The number of ether oxygens (including phenoxy) is 1. The van der Waals surface area contributed by atoms with Crippen LogP contribution < -0.4 is 10.2 Å². The van der Waals surface area contributed by atoms with Crippen molar-refractivity contribution in [1.82, 2.24) is 0 Å². The number of hydrogen-bond acceptors (Lipinski definition) is 5. The Morgan fingerprint density at radius 1 is 1.11 bits per heavy atom. The number of benzene rings is 1. The molecule has 6 heteroatoms. The van der Waals surface area contributed by atoms with Gasteiger partial charge in [0, 0.05) is 42.0 Å². The number of hydrogen-bond donors (Lipinski definition) is 1. The number of pyridine rings is 1. The summed E-state index contributed by atoms with van der Waals surface area (Å²) in [7, 11) is 1.40. The lowest BCUT2D eigenvalue weighted by Gasteiger charge is -2.03. The van der Waals surface area contributed by atoms with E-state index in [2.05, 4.69) is 4.74 Å². The summed E-state index contributed by atoms with van der Waals surface area (Å²) in [5.41, 5.74) is 1.19. The quantitative estimate of drug-likeness (QED) is 0.300. The highest BCUT2D eigenvalue weighted by molar-refractivity contribution is 5.82. The molecule has 2 aromatic heterocycles. The second-order valence-corrected chi connectivity index (χ2v) is 6.38. The molecule has 0 unspecified atom stereocenters. The molecule has 140 valence electrons. The molecule has 0 amide bonds. The lowest BCUT2D eigenvalue weighted by Crippen LogP contribution is -2.32. The highest BCUT2D eigenvalue weighted by Crippen LogP contribution is 2.23. The van der Waals surface area contributed by atoms with E-state index in [4.69, 9.17) is 4.42 Å². The van der Waals surface area contributed by atoms with Crippen molar-refractivity contribution in [2.75, 3.05) is 7.11 Å². The number of phenols is 1. The standard InChI is InChI=1S/C21H21NO5/c1-26-20(24)5-3-2-4-10-22-11-8-15(9-12-22)18-13-16-6-7-17(23)14-19(16)27-21(18)25/h6-9,11-14H,2-5,10H2,1H3/p+1. The summed E-state index contributed by atoms with van der Waals surface area (Å²) in [4.78, 5) is 23.3. The molecule has 0 aliphatic heterocycles. The maximum Gasteiger partial charge on any atom is 0.344 e. The number of phenolic OH excluding ortho intramolecular Hbond substituents is 1. The Morgan fingerprint density at radius 2 is 1.89 bits per heavy atom. The maximum absolute atomic E-state index is 12.3. The normalized spacial score (nSPS) is 10.9. The van der Waals surface area contributed by atoms with Gasteiger partial charge in [0.2, 0.25) is 0 Å². The smallest absolute Gasteiger partial charge is 0.344 e. The van der Waals surface area contributed by atoms with E-state index >= 15 is 0 Å². The number of carbonyl (C=O) groups is 1. The van der Waals surface area contributed by atoms with Crippen LogP contribution in [-0.2, 0) is 16.1 Å². The van der Waals surface area contributed by atoms with Crippen LogP contribution >= 0.6 is 0 Å².